The van der Waals surface area contributed by atoms with Crippen molar-refractivity contribution in [3.63, 3.8) is 0 Å². The van der Waals surface area contributed by atoms with Crippen molar-refractivity contribution in [2.75, 3.05) is 0 Å². The summed E-state index contributed by atoms with van der Waals surface area (Å²) in [5, 5.41) is 16.8. The molecule has 1 aliphatic rings. The number of urea groups is 1. The van der Waals surface area contributed by atoms with Gasteiger partial charge in [-0.1, -0.05) is 24.3 Å². The normalized spacial score (nSPS) is 19.8. The zero-order valence-electron chi connectivity index (χ0n) is 12.6. The van der Waals surface area contributed by atoms with E-state index in [1.807, 2.05) is 38.1 Å². The molecule has 0 bridgehead atoms. The average molecular weight is 317 g/mol. The number of nitrogens with one attached hydrogen (secondary N) is 2. The molecule has 0 saturated carbocycles. The first-order chi connectivity index (χ1) is 10.5. The molecular formula is C16H19N3O2S. The van der Waals surface area contributed by atoms with Crippen LogP contribution in [0.5, 0.6) is 0 Å². The fourth-order valence-corrected chi connectivity index (χ4v) is 3.67. The Bertz CT molecular complexity index is 698. The van der Waals surface area contributed by atoms with E-state index in [0.29, 0.717) is 13.0 Å². The summed E-state index contributed by atoms with van der Waals surface area (Å²) in [4.78, 5) is 17.6. The Kier molecular flexibility index (Phi) is 4.13. The van der Waals surface area contributed by atoms with E-state index in [4.69, 9.17) is 0 Å². The molecule has 2 amide bonds. The number of benzene rings is 1. The van der Waals surface area contributed by atoms with Gasteiger partial charge in [0.2, 0.25) is 0 Å². The number of thiazole rings is 1. The molecule has 1 aromatic carbocycles. The van der Waals surface area contributed by atoms with Crippen LogP contribution >= 0.6 is 11.3 Å². The number of aromatic nitrogens is 1. The summed E-state index contributed by atoms with van der Waals surface area (Å²) in [5.74, 6) is 0. The van der Waals surface area contributed by atoms with Crippen LogP contribution in [0.1, 0.15) is 32.7 Å². The number of amides is 2. The first-order valence-corrected chi connectivity index (χ1v) is 8.09. The highest BCUT2D eigenvalue weighted by Gasteiger charge is 2.31. The highest BCUT2D eigenvalue weighted by molar-refractivity contribution is 7.11. The van der Waals surface area contributed by atoms with Crippen LogP contribution in [0.4, 0.5) is 4.79 Å². The summed E-state index contributed by atoms with van der Waals surface area (Å²) in [6.45, 7) is 4.34. The topological polar surface area (TPSA) is 74.2 Å². The molecule has 0 spiro atoms. The molecule has 1 heterocycles. The van der Waals surface area contributed by atoms with E-state index in [2.05, 4.69) is 15.6 Å². The number of carbonyl (C=O) groups is 1. The van der Waals surface area contributed by atoms with Crippen LogP contribution in [-0.2, 0) is 13.0 Å². The molecule has 1 aromatic heterocycles. The predicted octanol–water partition coefficient (Wildman–Crippen LogP) is 2.22. The molecule has 0 aliphatic heterocycles. The lowest BCUT2D eigenvalue weighted by Gasteiger charge is -2.18. The van der Waals surface area contributed by atoms with Crippen molar-refractivity contribution < 1.29 is 9.90 Å². The lowest BCUT2D eigenvalue weighted by Crippen LogP contribution is -2.40. The minimum Gasteiger partial charge on any atom is -0.390 e. The molecule has 5 nitrogen and oxygen atoms in total. The van der Waals surface area contributed by atoms with Crippen molar-refractivity contribution in [3.8, 4) is 0 Å². The number of rotatable bonds is 3. The fourth-order valence-electron chi connectivity index (χ4n) is 2.84. The van der Waals surface area contributed by atoms with Gasteiger partial charge in [0.05, 0.1) is 29.4 Å². The molecule has 0 fully saturated rings. The van der Waals surface area contributed by atoms with Crippen LogP contribution in [0.2, 0.25) is 0 Å². The van der Waals surface area contributed by atoms with Crippen LogP contribution < -0.4 is 10.6 Å². The second-order valence-corrected chi connectivity index (χ2v) is 6.92. The molecule has 22 heavy (non-hydrogen) atoms. The number of hydrogen-bond acceptors (Lipinski definition) is 4. The van der Waals surface area contributed by atoms with Crippen molar-refractivity contribution in [1.82, 2.24) is 15.6 Å². The molecule has 0 radical (unpaired) electrons. The number of carbonyl (C=O) groups excluding carboxylic acids is 1. The molecule has 3 N–H and O–H groups in total. The standard InChI is InChI=1S/C16H19N3O2S/c1-9-13(18-10(2)22-9)8-17-16(21)19-15-12-6-4-3-5-11(12)7-14(15)20/h3-6,14-15,20H,7-8H2,1-2H3,(H2,17,19,21). The molecule has 6 heteroatoms. The Morgan fingerprint density at radius 1 is 1.41 bits per heavy atom. The first kappa shape index (κ1) is 15.0. The monoisotopic (exact) mass is 317 g/mol. The maximum Gasteiger partial charge on any atom is 0.315 e. The summed E-state index contributed by atoms with van der Waals surface area (Å²) >= 11 is 1.62. The Balaban J connectivity index is 1.61. The van der Waals surface area contributed by atoms with E-state index in [-0.39, 0.29) is 12.1 Å². The summed E-state index contributed by atoms with van der Waals surface area (Å²) in [7, 11) is 0. The van der Waals surface area contributed by atoms with E-state index in [1.54, 1.807) is 11.3 Å². The number of nitrogens with zero attached hydrogens (tertiary/aromatic N) is 1. The molecule has 0 saturated heterocycles. The van der Waals surface area contributed by atoms with Gasteiger partial charge in [-0.25, -0.2) is 9.78 Å². The second-order valence-electron chi connectivity index (χ2n) is 5.51. The van der Waals surface area contributed by atoms with Crippen molar-refractivity contribution >= 4 is 17.4 Å². The van der Waals surface area contributed by atoms with Crippen molar-refractivity contribution in [2.24, 2.45) is 0 Å². The summed E-state index contributed by atoms with van der Waals surface area (Å²) in [5.41, 5.74) is 2.97. The minimum absolute atomic E-state index is 0.286. The van der Waals surface area contributed by atoms with Gasteiger partial charge < -0.3 is 15.7 Å². The van der Waals surface area contributed by atoms with Crippen molar-refractivity contribution in [2.45, 2.75) is 39.0 Å². The third-order valence-electron chi connectivity index (χ3n) is 3.91. The van der Waals surface area contributed by atoms with Crippen LogP contribution in [-0.4, -0.2) is 22.2 Å². The number of aryl methyl sites for hydroxylation is 2. The Morgan fingerprint density at radius 3 is 2.91 bits per heavy atom. The van der Waals surface area contributed by atoms with E-state index < -0.39 is 6.10 Å². The van der Waals surface area contributed by atoms with E-state index in [0.717, 1.165) is 26.7 Å². The fraction of sp³-hybridized carbons (Fsp3) is 0.375. The van der Waals surface area contributed by atoms with E-state index >= 15 is 0 Å². The number of hydrogen-bond donors (Lipinski definition) is 3. The quantitative estimate of drug-likeness (QED) is 0.812. The van der Waals surface area contributed by atoms with Gasteiger partial charge in [-0.15, -0.1) is 11.3 Å². The third kappa shape index (κ3) is 2.98. The Morgan fingerprint density at radius 2 is 2.18 bits per heavy atom. The summed E-state index contributed by atoms with van der Waals surface area (Å²) < 4.78 is 0. The van der Waals surface area contributed by atoms with Gasteiger partial charge in [0.25, 0.3) is 0 Å². The maximum absolute atomic E-state index is 12.1. The highest BCUT2D eigenvalue weighted by atomic mass is 32.1. The van der Waals surface area contributed by atoms with Crippen LogP contribution in [0.3, 0.4) is 0 Å². The highest BCUT2D eigenvalue weighted by Crippen LogP contribution is 2.31. The molecule has 1 aliphatic carbocycles. The van der Waals surface area contributed by atoms with Gasteiger partial charge in [-0.05, 0) is 25.0 Å². The van der Waals surface area contributed by atoms with E-state index in [9.17, 15) is 9.90 Å². The average Bonchev–Trinajstić information content (AvgIpc) is 2.96. The number of aliphatic hydroxyl groups is 1. The zero-order valence-corrected chi connectivity index (χ0v) is 13.4. The SMILES string of the molecule is Cc1nc(CNC(=O)NC2c3ccccc3CC2O)c(C)s1. The Labute approximate surface area is 133 Å². The lowest BCUT2D eigenvalue weighted by atomic mass is 10.1. The first-order valence-electron chi connectivity index (χ1n) is 7.27. The molecule has 3 rings (SSSR count). The molecule has 2 aromatic rings. The Hall–Kier alpha value is -1.92. The van der Waals surface area contributed by atoms with Gasteiger partial charge in [0.1, 0.15) is 0 Å². The third-order valence-corrected chi connectivity index (χ3v) is 4.84. The maximum atomic E-state index is 12.1. The van der Waals surface area contributed by atoms with Crippen LogP contribution in [0, 0.1) is 13.8 Å². The molecule has 116 valence electrons. The molecular weight excluding hydrogens is 298 g/mol. The number of fused-ring (bicyclic) bond motifs is 1. The van der Waals surface area contributed by atoms with Gasteiger partial charge in [-0.2, -0.15) is 0 Å². The predicted molar refractivity (Wildman–Crippen MR) is 85.9 cm³/mol. The van der Waals surface area contributed by atoms with Gasteiger partial charge in [0.15, 0.2) is 0 Å². The van der Waals surface area contributed by atoms with E-state index in [1.165, 1.54) is 0 Å². The van der Waals surface area contributed by atoms with Gasteiger partial charge in [-0.3, -0.25) is 0 Å². The van der Waals surface area contributed by atoms with Crippen LogP contribution in [0.15, 0.2) is 24.3 Å². The lowest BCUT2D eigenvalue weighted by molar-refractivity contribution is 0.142. The second kappa shape index (κ2) is 6.06. The molecule has 2 atom stereocenters. The van der Waals surface area contributed by atoms with Gasteiger partial charge >= 0.3 is 6.03 Å². The largest absolute Gasteiger partial charge is 0.390 e. The smallest absolute Gasteiger partial charge is 0.315 e. The van der Waals surface area contributed by atoms with Crippen LogP contribution in [0.25, 0.3) is 0 Å². The summed E-state index contributed by atoms with van der Waals surface area (Å²) in [6.07, 6.45) is -0.00249. The zero-order chi connectivity index (χ0) is 15.7. The van der Waals surface area contributed by atoms with Crippen molar-refractivity contribution in [1.29, 1.82) is 0 Å². The minimum atomic E-state index is -0.577. The number of aliphatic hydroxyl groups excluding tert-OH is 1. The molecule has 2 unspecified atom stereocenters. The summed E-state index contributed by atoms with van der Waals surface area (Å²) in [6, 6.07) is 7.16. The van der Waals surface area contributed by atoms with Crippen molar-refractivity contribution in [3.05, 3.63) is 51.0 Å². The van der Waals surface area contributed by atoms with Gasteiger partial charge in [0, 0.05) is 11.3 Å².